The highest BCUT2D eigenvalue weighted by Gasteiger charge is 2.27. The molecule has 0 N–H and O–H groups in total. The Bertz CT molecular complexity index is 489. The highest BCUT2D eigenvalue weighted by atomic mass is 16.5. The van der Waals surface area contributed by atoms with Gasteiger partial charge in [0.1, 0.15) is 0 Å². The number of carbonyl (C=O) groups excluding carboxylic acids is 1. The summed E-state index contributed by atoms with van der Waals surface area (Å²) >= 11 is 0. The van der Waals surface area contributed by atoms with Crippen LogP contribution < -0.4 is 0 Å². The second-order valence-corrected chi connectivity index (χ2v) is 4.74. The lowest BCUT2D eigenvalue weighted by molar-refractivity contribution is -0.115. The first-order valence-electron chi connectivity index (χ1n) is 6.30. The summed E-state index contributed by atoms with van der Waals surface area (Å²) < 4.78 is 5.45. The lowest BCUT2D eigenvalue weighted by Crippen LogP contribution is -2.12. The Morgan fingerprint density at radius 3 is 2.78 bits per heavy atom. The van der Waals surface area contributed by atoms with E-state index in [0.29, 0.717) is 11.5 Å². The summed E-state index contributed by atoms with van der Waals surface area (Å²) in [6.07, 6.45) is 2.14. The number of ether oxygens (including phenoxy) is 1. The molecule has 1 aliphatic rings. The van der Waals surface area contributed by atoms with Gasteiger partial charge in [-0.3, -0.25) is 4.79 Å². The van der Waals surface area contributed by atoms with Gasteiger partial charge in [-0.15, -0.1) is 0 Å². The van der Waals surface area contributed by atoms with Crippen LogP contribution in [0.3, 0.4) is 0 Å². The minimum Gasteiger partial charge on any atom is -0.470 e. The van der Waals surface area contributed by atoms with E-state index in [1.54, 1.807) is 0 Å². The van der Waals surface area contributed by atoms with E-state index in [1.165, 1.54) is 5.56 Å². The van der Waals surface area contributed by atoms with Crippen LogP contribution in [0.5, 0.6) is 0 Å². The van der Waals surface area contributed by atoms with Crippen molar-refractivity contribution in [3.05, 3.63) is 41.3 Å². The third kappa shape index (κ3) is 2.40. The summed E-state index contributed by atoms with van der Waals surface area (Å²) in [5.74, 6) is 0.737. The van der Waals surface area contributed by atoms with Crippen molar-refractivity contribution in [2.24, 2.45) is 0 Å². The van der Waals surface area contributed by atoms with Gasteiger partial charge in [0.15, 0.2) is 6.61 Å². The SMILES string of the molecule is CCCc1cccc(C2=C(N(C)C)OCC2=O)c1. The van der Waals surface area contributed by atoms with Crippen molar-refractivity contribution in [2.75, 3.05) is 20.7 Å². The predicted octanol–water partition coefficient (Wildman–Crippen LogP) is 2.47. The first kappa shape index (κ1) is 12.7. The highest BCUT2D eigenvalue weighted by Crippen LogP contribution is 2.28. The van der Waals surface area contributed by atoms with Gasteiger partial charge in [0, 0.05) is 14.1 Å². The molecule has 1 heterocycles. The van der Waals surface area contributed by atoms with Crippen LogP contribution in [0.25, 0.3) is 5.57 Å². The fraction of sp³-hybridized carbons (Fsp3) is 0.400. The minimum absolute atomic E-state index is 0.0624. The summed E-state index contributed by atoms with van der Waals surface area (Å²) in [6.45, 7) is 2.31. The molecule has 0 radical (unpaired) electrons. The predicted molar refractivity (Wildman–Crippen MR) is 72.0 cm³/mol. The Kier molecular flexibility index (Phi) is 3.70. The maximum absolute atomic E-state index is 11.9. The standard InChI is InChI=1S/C15H19NO2/c1-4-6-11-7-5-8-12(9-11)14-13(17)10-18-15(14)16(2)3/h5,7-9H,4,6,10H2,1-3H3. The molecule has 3 heteroatoms. The molecule has 1 aromatic rings. The van der Waals surface area contributed by atoms with Crippen LogP contribution in [0.15, 0.2) is 30.1 Å². The number of nitrogens with zero attached hydrogens (tertiary/aromatic N) is 1. The Morgan fingerprint density at radius 1 is 1.33 bits per heavy atom. The van der Waals surface area contributed by atoms with Crippen LogP contribution in [-0.2, 0) is 16.0 Å². The van der Waals surface area contributed by atoms with Crippen molar-refractivity contribution in [1.29, 1.82) is 0 Å². The zero-order valence-electron chi connectivity index (χ0n) is 11.2. The summed E-state index contributed by atoms with van der Waals surface area (Å²) in [5, 5.41) is 0. The number of benzene rings is 1. The molecule has 0 aliphatic carbocycles. The first-order chi connectivity index (χ1) is 8.63. The Morgan fingerprint density at radius 2 is 2.11 bits per heavy atom. The first-order valence-corrected chi connectivity index (χ1v) is 6.30. The molecule has 0 atom stereocenters. The Hall–Kier alpha value is -1.77. The molecule has 0 amide bonds. The molecule has 0 bridgehead atoms. The molecule has 18 heavy (non-hydrogen) atoms. The van der Waals surface area contributed by atoms with Gasteiger partial charge in [0.05, 0.1) is 5.57 Å². The number of aryl methyl sites for hydroxylation is 1. The summed E-state index contributed by atoms with van der Waals surface area (Å²) in [4.78, 5) is 13.8. The second-order valence-electron chi connectivity index (χ2n) is 4.74. The van der Waals surface area contributed by atoms with Gasteiger partial charge in [0.25, 0.3) is 0 Å². The third-order valence-corrected chi connectivity index (χ3v) is 2.99. The van der Waals surface area contributed by atoms with Crippen LogP contribution in [-0.4, -0.2) is 31.4 Å². The van der Waals surface area contributed by atoms with Crippen LogP contribution in [0.1, 0.15) is 24.5 Å². The molecule has 3 nitrogen and oxygen atoms in total. The van der Waals surface area contributed by atoms with E-state index in [9.17, 15) is 4.79 Å². The lowest BCUT2D eigenvalue weighted by Gasteiger charge is -2.14. The van der Waals surface area contributed by atoms with Gasteiger partial charge >= 0.3 is 0 Å². The van der Waals surface area contributed by atoms with Gasteiger partial charge in [-0.25, -0.2) is 0 Å². The highest BCUT2D eigenvalue weighted by molar-refractivity contribution is 6.23. The Balaban J connectivity index is 2.43. The van der Waals surface area contributed by atoms with E-state index < -0.39 is 0 Å². The molecule has 0 spiro atoms. The summed E-state index contributed by atoms with van der Waals surface area (Å²) in [7, 11) is 3.79. The molecule has 0 saturated carbocycles. The molecule has 2 rings (SSSR count). The number of ketones is 1. The Labute approximate surface area is 108 Å². The average molecular weight is 245 g/mol. The molecule has 1 aromatic carbocycles. The number of rotatable bonds is 4. The van der Waals surface area contributed by atoms with Gasteiger partial charge in [-0.2, -0.15) is 0 Å². The third-order valence-electron chi connectivity index (χ3n) is 2.99. The minimum atomic E-state index is 0.0624. The van der Waals surface area contributed by atoms with E-state index in [0.717, 1.165) is 18.4 Å². The van der Waals surface area contributed by atoms with Crippen molar-refractivity contribution < 1.29 is 9.53 Å². The van der Waals surface area contributed by atoms with Gasteiger partial charge in [-0.05, 0) is 17.5 Å². The van der Waals surface area contributed by atoms with Crippen LogP contribution in [0.2, 0.25) is 0 Å². The number of hydrogen-bond acceptors (Lipinski definition) is 3. The maximum atomic E-state index is 11.9. The molecule has 0 aromatic heterocycles. The summed E-state index contributed by atoms with van der Waals surface area (Å²) in [5.41, 5.74) is 2.94. The van der Waals surface area contributed by atoms with E-state index in [1.807, 2.05) is 31.1 Å². The largest absolute Gasteiger partial charge is 0.470 e. The van der Waals surface area contributed by atoms with E-state index in [4.69, 9.17) is 4.74 Å². The van der Waals surface area contributed by atoms with Crippen molar-refractivity contribution in [1.82, 2.24) is 4.90 Å². The van der Waals surface area contributed by atoms with Crippen molar-refractivity contribution in [2.45, 2.75) is 19.8 Å². The molecular weight excluding hydrogens is 226 g/mol. The smallest absolute Gasteiger partial charge is 0.206 e. The van der Waals surface area contributed by atoms with Crippen LogP contribution in [0.4, 0.5) is 0 Å². The van der Waals surface area contributed by atoms with E-state index in [-0.39, 0.29) is 12.4 Å². The van der Waals surface area contributed by atoms with Crippen molar-refractivity contribution >= 4 is 11.4 Å². The molecule has 0 fully saturated rings. The lowest BCUT2D eigenvalue weighted by atomic mass is 9.99. The zero-order valence-corrected chi connectivity index (χ0v) is 11.2. The molecular formula is C15H19NO2. The zero-order chi connectivity index (χ0) is 13.1. The molecule has 1 aliphatic heterocycles. The van der Waals surface area contributed by atoms with Crippen LogP contribution in [0, 0.1) is 0 Å². The molecule has 0 unspecified atom stereocenters. The van der Waals surface area contributed by atoms with Crippen molar-refractivity contribution in [3.63, 3.8) is 0 Å². The average Bonchev–Trinajstić information content (AvgIpc) is 2.72. The quantitative estimate of drug-likeness (QED) is 0.816. The maximum Gasteiger partial charge on any atom is 0.206 e. The molecule has 96 valence electrons. The fourth-order valence-electron chi connectivity index (χ4n) is 2.21. The van der Waals surface area contributed by atoms with Gasteiger partial charge in [0.2, 0.25) is 11.7 Å². The molecule has 0 saturated heterocycles. The van der Waals surface area contributed by atoms with E-state index in [2.05, 4.69) is 19.1 Å². The van der Waals surface area contributed by atoms with E-state index >= 15 is 0 Å². The van der Waals surface area contributed by atoms with Gasteiger partial charge in [-0.1, -0.05) is 37.6 Å². The van der Waals surface area contributed by atoms with Gasteiger partial charge < -0.3 is 9.64 Å². The monoisotopic (exact) mass is 245 g/mol. The number of hydrogen-bond donors (Lipinski definition) is 0. The number of Topliss-reactive ketones (excluding diaryl/α,β-unsaturated/α-hetero) is 1. The normalized spacial score (nSPS) is 14.9. The number of carbonyl (C=O) groups is 1. The van der Waals surface area contributed by atoms with Crippen LogP contribution >= 0.6 is 0 Å². The summed E-state index contributed by atoms with van der Waals surface area (Å²) in [6, 6.07) is 8.18. The second kappa shape index (κ2) is 5.25. The topological polar surface area (TPSA) is 29.5 Å². The van der Waals surface area contributed by atoms with Crippen molar-refractivity contribution in [3.8, 4) is 0 Å². The fourth-order valence-corrected chi connectivity index (χ4v) is 2.21.